The van der Waals surface area contributed by atoms with Crippen LogP contribution in [0.4, 0.5) is 0 Å². The Hall–Kier alpha value is -0.320. The SMILES string of the molecule is OC(CCl)COC(c1ccccc1)C(O)CCl. The summed E-state index contributed by atoms with van der Waals surface area (Å²) in [5.74, 6) is 0.162. The molecule has 96 valence electrons. The van der Waals surface area contributed by atoms with Crippen LogP contribution in [0.1, 0.15) is 11.7 Å². The van der Waals surface area contributed by atoms with E-state index in [1.807, 2.05) is 30.3 Å². The number of hydrogen-bond acceptors (Lipinski definition) is 3. The second-order valence-corrected chi connectivity index (χ2v) is 4.31. The molecule has 3 unspecified atom stereocenters. The lowest BCUT2D eigenvalue weighted by molar-refractivity contribution is -0.0571. The molecular weight excluding hydrogens is 263 g/mol. The molecule has 17 heavy (non-hydrogen) atoms. The highest BCUT2D eigenvalue weighted by molar-refractivity contribution is 6.18. The molecule has 5 heteroatoms. The van der Waals surface area contributed by atoms with Gasteiger partial charge in [0.05, 0.1) is 30.6 Å². The van der Waals surface area contributed by atoms with Gasteiger partial charge in [-0.3, -0.25) is 0 Å². The Morgan fingerprint density at radius 3 is 2.24 bits per heavy atom. The van der Waals surface area contributed by atoms with E-state index in [-0.39, 0.29) is 18.4 Å². The Balaban J connectivity index is 2.68. The van der Waals surface area contributed by atoms with E-state index >= 15 is 0 Å². The average Bonchev–Trinajstić information content (AvgIpc) is 2.39. The quantitative estimate of drug-likeness (QED) is 0.750. The number of halogens is 2. The molecule has 0 saturated heterocycles. The molecule has 0 amide bonds. The van der Waals surface area contributed by atoms with E-state index in [9.17, 15) is 10.2 Å². The van der Waals surface area contributed by atoms with E-state index < -0.39 is 18.3 Å². The normalized spacial score (nSPS) is 16.5. The molecule has 1 aromatic rings. The van der Waals surface area contributed by atoms with Gasteiger partial charge in [-0.25, -0.2) is 0 Å². The summed E-state index contributed by atoms with van der Waals surface area (Å²) < 4.78 is 5.46. The van der Waals surface area contributed by atoms with E-state index in [1.54, 1.807) is 0 Å². The minimum absolute atomic E-state index is 0.0660. The standard InChI is InChI=1S/C12H16Cl2O3/c13-6-10(15)8-17-12(11(16)7-14)9-4-2-1-3-5-9/h1-5,10-12,15-16H,6-8H2. The van der Waals surface area contributed by atoms with Crippen LogP contribution in [-0.4, -0.2) is 40.8 Å². The largest absolute Gasteiger partial charge is 0.389 e. The van der Waals surface area contributed by atoms with Crippen molar-refractivity contribution in [2.75, 3.05) is 18.4 Å². The van der Waals surface area contributed by atoms with Gasteiger partial charge < -0.3 is 14.9 Å². The van der Waals surface area contributed by atoms with Gasteiger partial charge in [0.2, 0.25) is 0 Å². The molecule has 0 saturated carbocycles. The molecule has 0 aliphatic carbocycles. The Kier molecular flexibility index (Phi) is 6.85. The Morgan fingerprint density at radius 2 is 1.71 bits per heavy atom. The molecule has 0 aliphatic rings. The summed E-state index contributed by atoms with van der Waals surface area (Å²) in [6.45, 7) is 0.0665. The second kappa shape index (κ2) is 7.90. The zero-order valence-electron chi connectivity index (χ0n) is 9.30. The highest BCUT2D eigenvalue weighted by Crippen LogP contribution is 2.22. The fraction of sp³-hybridized carbons (Fsp3) is 0.500. The maximum atomic E-state index is 9.79. The van der Waals surface area contributed by atoms with Gasteiger partial charge in [0.1, 0.15) is 6.10 Å². The molecule has 0 fully saturated rings. The van der Waals surface area contributed by atoms with Crippen LogP contribution in [0.5, 0.6) is 0 Å². The van der Waals surface area contributed by atoms with Crippen molar-refractivity contribution < 1.29 is 14.9 Å². The maximum absolute atomic E-state index is 9.79. The van der Waals surface area contributed by atoms with Crippen molar-refractivity contribution in [2.45, 2.75) is 18.3 Å². The van der Waals surface area contributed by atoms with Crippen LogP contribution in [-0.2, 0) is 4.74 Å². The lowest BCUT2D eigenvalue weighted by atomic mass is 10.1. The van der Waals surface area contributed by atoms with Gasteiger partial charge in [-0.05, 0) is 5.56 Å². The van der Waals surface area contributed by atoms with Crippen molar-refractivity contribution >= 4 is 23.2 Å². The summed E-state index contributed by atoms with van der Waals surface area (Å²) in [5.41, 5.74) is 0.822. The number of benzene rings is 1. The fourth-order valence-electron chi connectivity index (χ4n) is 1.41. The maximum Gasteiger partial charge on any atom is 0.110 e. The molecule has 0 radical (unpaired) electrons. The number of rotatable bonds is 7. The molecule has 0 heterocycles. The fourth-order valence-corrected chi connectivity index (χ4v) is 1.66. The third kappa shape index (κ3) is 4.82. The van der Waals surface area contributed by atoms with Crippen molar-refractivity contribution in [3.63, 3.8) is 0 Å². The molecule has 2 N–H and O–H groups in total. The second-order valence-electron chi connectivity index (χ2n) is 3.69. The molecule has 3 nitrogen and oxygen atoms in total. The highest BCUT2D eigenvalue weighted by Gasteiger charge is 2.22. The molecular formula is C12H16Cl2O3. The van der Waals surface area contributed by atoms with Crippen molar-refractivity contribution in [1.82, 2.24) is 0 Å². The molecule has 0 bridgehead atoms. The van der Waals surface area contributed by atoms with Crippen molar-refractivity contribution in [1.29, 1.82) is 0 Å². The number of hydrogen-bond donors (Lipinski definition) is 2. The third-order valence-corrected chi connectivity index (χ3v) is 2.95. The van der Waals surface area contributed by atoms with E-state index in [1.165, 1.54) is 0 Å². The van der Waals surface area contributed by atoms with Gasteiger partial charge in [-0.2, -0.15) is 0 Å². The molecule has 0 aliphatic heterocycles. The third-order valence-electron chi connectivity index (χ3n) is 2.28. The zero-order valence-corrected chi connectivity index (χ0v) is 10.8. The summed E-state index contributed by atoms with van der Waals surface area (Å²) in [7, 11) is 0. The minimum Gasteiger partial charge on any atom is -0.389 e. The molecule has 1 aromatic carbocycles. The highest BCUT2D eigenvalue weighted by atomic mass is 35.5. The minimum atomic E-state index is -0.818. The number of aliphatic hydroxyl groups excluding tert-OH is 2. The van der Waals surface area contributed by atoms with E-state index in [0.717, 1.165) is 5.56 Å². The number of ether oxygens (including phenoxy) is 1. The van der Waals surface area contributed by atoms with E-state index in [4.69, 9.17) is 27.9 Å². The molecule has 3 atom stereocenters. The van der Waals surface area contributed by atoms with E-state index in [0.29, 0.717) is 0 Å². The van der Waals surface area contributed by atoms with E-state index in [2.05, 4.69) is 0 Å². The number of alkyl halides is 2. The van der Waals surface area contributed by atoms with Crippen LogP contribution in [0.3, 0.4) is 0 Å². The van der Waals surface area contributed by atoms with Crippen LogP contribution in [0.2, 0.25) is 0 Å². The summed E-state index contributed by atoms with van der Waals surface area (Å²) in [6, 6.07) is 9.26. The van der Waals surface area contributed by atoms with Gasteiger partial charge in [0, 0.05) is 0 Å². The van der Waals surface area contributed by atoms with Gasteiger partial charge in [-0.1, -0.05) is 30.3 Å². The molecule has 1 rings (SSSR count). The predicted molar refractivity (Wildman–Crippen MR) is 68.6 cm³/mol. The van der Waals surface area contributed by atoms with Crippen LogP contribution in [0.15, 0.2) is 30.3 Å². The van der Waals surface area contributed by atoms with Gasteiger partial charge >= 0.3 is 0 Å². The van der Waals surface area contributed by atoms with Crippen LogP contribution in [0, 0.1) is 0 Å². The lowest BCUT2D eigenvalue weighted by Crippen LogP contribution is -2.27. The van der Waals surface area contributed by atoms with Crippen molar-refractivity contribution in [2.24, 2.45) is 0 Å². The first kappa shape index (κ1) is 14.7. The van der Waals surface area contributed by atoms with Gasteiger partial charge in [0.25, 0.3) is 0 Å². The molecule has 0 aromatic heterocycles. The molecule has 0 spiro atoms. The Morgan fingerprint density at radius 1 is 1.06 bits per heavy atom. The Labute approximate surface area is 111 Å². The Bertz CT molecular complexity index is 308. The van der Waals surface area contributed by atoms with Crippen molar-refractivity contribution in [3.05, 3.63) is 35.9 Å². The summed E-state index contributed by atoms with van der Waals surface area (Å²) in [6.07, 6.45) is -2.11. The van der Waals surface area contributed by atoms with Gasteiger partial charge in [-0.15, -0.1) is 23.2 Å². The lowest BCUT2D eigenvalue weighted by Gasteiger charge is -2.23. The topological polar surface area (TPSA) is 49.7 Å². The van der Waals surface area contributed by atoms with Crippen LogP contribution in [0.25, 0.3) is 0 Å². The first-order chi connectivity index (χ1) is 8.19. The van der Waals surface area contributed by atoms with Crippen molar-refractivity contribution in [3.8, 4) is 0 Å². The van der Waals surface area contributed by atoms with Crippen LogP contribution < -0.4 is 0 Å². The number of aliphatic hydroxyl groups is 2. The van der Waals surface area contributed by atoms with Crippen LogP contribution >= 0.6 is 23.2 Å². The summed E-state index contributed by atoms with van der Waals surface area (Å²) in [4.78, 5) is 0. The van der Waals surface area contributed by atoms with Gasteiger partial charge in [0.15, 0.2) is 0 Å². The smallest absolute Gasteiger partial charge is 0.110 e. The monoisotopic (exact) mass is 278 g/mol. The zero-order chi connectivity index (χ0) is 12.7. The average molecular weight is 279 g/mol. The summed E-state index contributed by atoms with van der Waals surface area (Å²) in [5, 5.41) is 19.1. The first-order valence-corrected chi connectivity index (χ1v) is 6.40. The predicted octanol–water partition coefficient (Wildman–Crippen LogP) is 1.94. The first-order valence-electron chi connectivity index (χ1n) is 5.33. The summed E-state index contributed by atoms with van der Waals surface area (Å²) >= 11 is 11.1.